The Kier molecular flexibility index (Phi) is 6.33. The zero-order chi connectivity index (χ0) is 15.2. The van der Waals surface area contributed by atoms with Crippen LogP contribution in [0.2, 0.25) is 0 Å². The fourth-order valence-electron chi connectivity index (χ4n) is 1.77. The van der Waals surface area contributed by atoms with Crippen molar-refractivity contribution in [1.82, 2.24) is 9.80 Å². The summed E-state index contributed by atoms with van der Waals surface area (Å²) in [6.07, 6.45) is 0. The first-order valence-corrected chi connectivity index (χ1v) is 6.41. The van der Waals surface area contributed by atoms with Crippen LogP contribution < -0.4 is 0 Å². The minimum Gasteiger partial charge on any atom is -0.480 e. The molecule has 1 unspecified atom stereocenters. The number of nitrogens with zero attached hydrogens (tertiary/aromatic N) is 3. The van der Waals surface area contributed by atoms with E-state index in [0.717, 1.165) is 0 Å². The molecule has 0 aliphatic carbocycles. The molecule has 0 aromatic carbocycles. The highest BCUT2D eigenvalue weighted by molar-refractivity contribution is 5.85. The fraction of sp³-hybridized carbons (Fsp3) is 0.769. The number of carboxylic acids is 1. The van der Waals surface area contributed by atoms with Crippen LogP contribution in [0, 0.1) is 17.2 Å². The van der Waals surface area contributed by atoms with Crippen molar-refractivity contribution in [2.24, 2.45) is 5.92 Å². The molecule has 0 aliphatic heterocycles. The molecule has 0 fully saturated rings. The van der Waals surface area contributed by atoms with Crippen LogP contribution in [-0.4, -0.2) is 52.1 Å². The second-order valence-electron chi connectivity index (χ2n) is 4.96. The second-order valence-corrected chi connectivity index (χ2v) is 4.96. The molecule has 1 atom stereocenters. The number of rotatable bonds is 6. The SMILES string of the molecule is CCN(CC(C)C#N)C(=O)N(CC)C(C)(C)C(=O)O. The topological polar surface area (TPSA) is 84.6 Å². The predicted molar refractivity (Wildman–Crippen MR) is 71.5 cm³/mol. The van der Waals surface area contributed by atoms with Crippen molar-refractivity contribution in [3.8, 4) is 6.07 Å². The van der Waals surface area contributed by atoms with Crippen molar-refractivity contribution in [1.29, 1.82) is 5.26 Å². The number of amides is 2. The van der Waals surface area contributed by atoms with E-state index >= 15 is 0 Å². The summed E-state index contributed by atoms with van der Waals surface area (Å²) in [4.78, 5) is 26.4. The molecule has 0 rings (SSSR count). The first kappa shape index (κ1) is 17.2. The summed E-state index contributed by atoms with van der Waals surface area (Å²) in [7, 11) is 0. The number of nitriles is 1. The highest BCUT2D eigenvalue weighted by atomic mass is 16.4. The molecule has 0 heterocycles. The van der Waals surface area contributed by atoms with Gasteiger partial charge in [-0.25, -0.2) is 9.59 Å². The van der Waals surface area contributed by atoms with Crippen molar-refractivity contribution >= 4 is 12.0 Å². The summed E-state index contributed by atoms with van der Waals surface area (Å²) < 4.78 is 0. The summed E-state index contributed by atoms with van der Waals surface area (Å²) in [6, 6.07) is 1.73. The van der Waals surface area contributed by atoms with Crippen LogP contribution in [0.3, 0.4) is 0 Å². The molecule has 0 spiro atoms. The van der Waals surface area contributed by atoms with Crippen LogP contribution in [0.1, 0.15) is 34.6 Å². The monoisotopic (exact) mass is 269 g/mol. The molecule has 0 aliphatic rings. The Morgan fingerprint density at radius 1 is 1.32 bits per heavy atom. The third kappa shape index (κ3) is 4.12. The molecular formula is C13H23N3O3. The molecule has 0 saturated carbocycles. The minimum atomic E-state index is -1.27. The molecule has 19 heavy (non-hydrogen) atoms. The number of hydrogen-bond acceptors (Lipinski definition) is 3. The van der Waals surface area contributed by atoms with Gasteiger partial charge in [0.2, 0.25) is 0 Å². The maximum Gasteiger partial charge on any atom is 0.329 e. The van der Waals surface area contributed by atoms with Gasteiger partial charge in [-0.3, -0.25) is 0 Å². The highest BCUT2D eigenvalue weighted by Gasteiger charge is 2.38. The Balaban J connectivity index is 5.12. The van der Waals surface area contributed by atoms with Gasteiger partial charge < -0.3 is 14.9 Å². The largest absolute Gasteiger partial charge is 0.480 e. The van der Waals surface area contributed by atoms with Crippen LogP contribution >= 0.6 is 0 Å². The molecule has 0 bridgehead atoms. The van der Waals surface area contributed by atoms with Crippen molar-refractivity contribution < 1.29 is 14.7 Å². The van der Waals surface area contributed by atoms with Crippen molar-refractivity contribution in [2.75, 3.05) is 19.6 Å². The van der Waals surface area contributed by atoms with Gasteiger partial charge >= 0.3 is 12.0 Å². The van der Waals surface area contributed by atoms with Crippen LogP contribution in [0.25, 0.3) is 0 Å². The normalized spacial score (nSPS) is 12.4. The summed E-state index contributed by atoms with van der Waals surface area (Å²) >= 11 is 0. The van der Waals surface area contributed by atoms with Gasteiger partial charge in [0.05, 0.1) is 12.0 Å². The maximum absolute atomic E-state index is 12.4. The molecule has 0 aromatic rings. The number of carboxylic acid groups (broad SMARTS) is 1. The van der Waals surface area contributed by atoms with E-state index in [4.69, 9.17) is 5.26 Å². The Morgan fingerprint density at radius 3 is 2.16 bits per heavy atom. The van der Waals surface area contributed by atoms with Crippen LogP contribution in [0.4, 0.5) is 4.79 Å². The standard InChI is InChI=1S/C13H23N3O3/c1-6-15(9-10(3)8-14)12(19)16(7-2)13(4,5)11(17)18/h10H,6-7,9H2,1-5H3,(H,17,18). The lowest BCUT2D eigenvalue weighted by Crippen LogP contribution is -2.57. The van der Waals surface area contributed by atoms with E-state index in [9.17, 15) is 14.7 Å². The van der Waals surface area contributed by atoms with Crippen molar-refractivity contribution in [3.05, 3.63) is 0 Å². The van der Waals surface area contributed by atoms with E-state index in [1.165, 1.54) is 23.6 Å². The molecule has 1 N–H and O–H groups in total. The Morgan fingerprint density at radius 2 is 1.84 bits per heavy atom. The van der Waals surface area contributed by atoms with Gasteiger partial charge in [0.1, 0.15) is 5.54 Å². The van der Waals surface area contributed by atoms with Crippen molar-refractivity contribution in [2.45, 2.75) is 40.2 Å². The molecule has 2 amide bonds. The maximum atomic E-state index is 12.4. The Bertz CT molecular complexity index is 374. The van der Waals surface area contributed by atoms with Gasteiger partial charge in [-0.2, -0.15) is 5.26 Å². The zero-order valence-electron chi connectivity index (χ0n) is 12.3. The summed E-state index contributed by atoms with van der Waals surface area (Å²) in [5, 5.41) is 18.0. The second kappa shape index (κ2) is 6.98. The summed E-state index contributed by atoms with van der Waals surface area (Å²) in [5.74, 6) is -1.33. The van der Waals surface area contributed by atoms with Crippen LogP contribution in [0.5, 0.6) is 0 Å². The van der Waals surface area contributed by atoms with Crippen LogP contribution in [0.15, 0.2) is 0 Å². The van der Waals surface area contributed by atoms with Gasteiger partial charge in [-0.15, -0.1) is 0 Å². The van der Waals surface area contributed by atoms with Gasteiger partial charge in [-0.05, 0) is 34.6 Å². The fourth-order valence-corrected chi connectivity index (χ4v) is 1.77. The average Bonchev–Trinajstić information content (AvgIpc) is 2.35. The van der Waals surface area contributed by atoms with E-state index < -0.39 is 11.5 Å². The third-order valence-corrected chi connectivity index (χ3v) is 3.11. The predicted octanol–water partition coefficient (Wildman–Crippen LogP) is 1.77. The highest BCUT2D eigenvalue weighted by Crippen LogP contribution is 2.17. The van der Waals surface area contributed by atoms with Gasteiger partial charge in [0, 0.05) is 19.6 Å². The quantitative estimate of drug-likeness (QED) is 0.796. The van der Waals surface area contributed by atoms with Crippen molar-refractivity contribution in [3.63, 3.8) is 0 Å². The van der Waals surface area contributed by atoms with Crippen LogP contribution in [-0.2, 0) is 4.79 Å². The first-order valence-electron chi connectivity index (χ1n) is 6.41. The Hall–Kier alpha value is -1.77. The smallest absolute Gasteiger partial charge is 0.329 e. The molecule has 6 nitrogen and oxygen atoms in total. The summed E-state index contributed by atoms with van der Waals surface area (Å²) in [6.45, 7) is 9.32. The molecule has 6 heteroatoms. The molecule has 0 aromatic heterocycles. The van der Waals surface area contributed by atoms with Gasteiger partial charge in [0.25, 0.3) is 0 Å². The van der Waals surface area contributed by atoms with E-state index in [1.807, 2.05) is 6.92 Å². The number of aliphatic carboxylic acids is 1. The van der Waals surface area contributed by atoms with E-state index in [0.29, 0.717) is 19.6 Å². The average molecular weight is 269 g/mol. The number of carbonyl (C=O) groups is 2. The lowest BCUT2D eigenvalue weighted by molar-refractivity contribution is -0.147. The molecule has 0 radical (unpaired) electrons. The summed E-state index contributed by atoms with van der Waals surface area (Å²) in [5.41, 5.74) is -1.27. The Labute approximate surface area is 114 Å². The van der Waals surface area contributed by atoms with Gasteiger partial charge in [-0.1, -0.05) is 0 Å². The first-order chi connectivity index (χ1) is 8.72. The third-order valence-electron chi connectivity index (χ3n) is 3.11. The van der Waals surface area contributed by atoms with E-state index in [1.54, 1.807) is 13.8 Å². The minimum absolute atomic E-state index is 0.282. The molecule has 0 saturated heterocycles. The number of urea groups is 1. The molecule has 108 valence electrons. The zero-order valence-corrected chi connectivity index (χ0v) is 12.3. The van der Waals surface area contributed by atoms with Gasteiger partial charge in [0.15, 0.2) is 0 Å². The number of carbonyl (C=O) groups excluding carboxylic acids is 1. The lowest BCUT2D eigenvalue weighted by atomic mass is 10.0. The van der Waals surface area contributed by atoms with E-state index in [-0.39, 0.29) is 11.9 Å². The number of hydrogen-bond donors (Lipinski definition) is 1. The molecular weight excluding hydrogens is 246 g/mol. The van der Waals surface area contributed by atoms with E-state index in [2.05, 4.69) is 6.07 Å². The number of likely N-dealkylation sites (N-methyl/N-ethyl adjacent to an activating group) is 1. The lowest BCUT2D eigenvalue weighted by Gasteiger charge is -2.38.